The third-order valence-electron chi connectivity index (χ3n) is 3.69. The Balaban J connectivity index is 1.73. The van der Waals surface area contributed by atoms with Crippen LogP contribution in [0.2, 0.25) is 0 Å². The number of benzene rings is 1. The summed E-state index contributed by atoms with van der Waals surface area (Å²) in [6.45, 7) is 0.802. The molecular weight excluding hydrogens is 273 g/mol. The maximum Gasteiger partial charge on any atom is 0.227 e. The number of hydrogen-bond donors (Lipinski definition) is 0. The van der Waals surface area contributed by atoms with E-state index in [1.807, 2.05) is 16.3 Å². The van der Waals surface area contributed by atoms with Gasteiger partial charge in [-0.3, -0.25) is 4.79 Å². The molecule has 0 N–H and O–H groups in total. The minimum atomic E-state index is -0.286. The summed E-state index contributed by atoms with van der Waals surface area (Å²) in [6, 6.07) is 10.6. The lowest BCUT2D eigenvalue weighted by atomic mass is 10.1. The van der Waals surface area contributed by atoms with Crippen LogP contribution in [-0.2, 0) is 11.2 Å². The molecule has 0 bridgehead atoms. The van der Waals surface area contributed by atoms with Crippen LogP contribution in [-0.4, -0.2) is 17.4 Å². The number of halogens is 1. The Morgan fingerprint density at radius 3 is 3.00 bits per heavy atom. The molecule has 2 nitrogen and oxygen atoms in total. The number of amides is 1. The summed E-state index contributed by atoms with van der Waals surface area (Å²) in [5.74, 6) is -0.196. The van der Waals surface area contributed by atoms with Gasteiger partial charge in [0.1, 0.15) is 5.82 Å². The molecule has 0 unspecified atom stereocenters. The van der Waals surface area contributed by atoms with E-state index in [4.69, 9.17) is 0 Å². The van der Waals surface area contributed by atoms with Crippen molar-refractivity contribution >= 4 is 17.2 Å². The summed E-state index contributed by atoms with van der Waals surface area (Å²) in [4.78, 5) is 15.6. The average molecular weight is 289 g/mol. The second-order valence-electron chi connectivity index (χ2n) is 5.07. The first kappa shape index (κ1) is 13.3. The number of carbonyl (C=O) groups excluding carboxylic acids is 1. The van der Waals surface area contributed by atoms with Gasteiger partial charge < -0.3 is 4.90 Å². The molecule has 1 atom stereocenters. The van der Waals surface area contributed by atoms with Gasteiger partial charge in [0.05, 0.1) is 12.5 Å². The van der Waals surface area contributed by atoms with Crippen LogP contribution >= 0.6 is 11.3 Å². The molecule has 1 aromatic heterocycles. The fourth-order valence-electron chi connectivity index (χ4n) is 2.76. The molecule has 104 valence electrons. The molecule has 1 saturated heterocycles. The molecule has 2 heterocycles. The summed E-state index contributed by atoms with van der Waals surface area (Å²) in [5, 5.41) is 2.04. The number of likely N-dealkylation sites (tertiary alicyclic amines) is 1. The van der Waals surface area contributed by atoms with Crippen LogP contribution in [0.3, 0.4) is 0 Å². The highest BCUT2D eigenvalue weighted by Crippen LogP contribution is 2.34. The summed E-state index contributed by atoms with van der Waals surface area (Å²) >= 11 is 1.70. The van der Waals surface area contributed by atoms with Gasteiger partial charge in [-0.05, 0) is 42.0 Å². The molecule has 4 heteroatoms. The summed E-state index contributed by atoms with van der Waals surface area (Å²) in [5.41, 5.74) is 0.742. The largest absolute Gasteiger partial charge is 0.335 e. The van der Waals surface area contributed by atoms with Crippen molar-refractivity contribution in [3.05, 3.63) is 58.0 Å². The van der Waals surface area contributed by atoms with Crippen molar-refractivity contribution in [1.29, 1.82) is 0 Å². The predicted octanol–water partition coefficient (Wildman–Crippen LogP) is 3.79. The highest BCUT2D eigenvalue weighted by molar-refractivity contribution is 7.10. The molecule has 1 amide bonds. The van der Waals surface area contributed by atoms with Gasteiger partial charge in [0.2, 0.25) is 5.91 Å². The summed E-state index contributed by atoms with van der Waals surface area (Å²) in [7, 11) is 0. The first-order valence-corrected chi connectivity index (χ1v) is 7.69. The third-order valence-corrected chi connectivity index (χ3v) is 4.66. The van der Waals surface area contributed by atoms with Crippen molar-refractivity contribution in [3.8, 4) is 0 Å². The summed E-state index contributed by atoms with van der Waals surface area (Å²) < 4.78 is 13.2. The minimum Gasteiger partial charge on any atom is -0.335 e. The monoisotopic (exact) mass is 289 g/mol. The second-order valence-corrected chi connectivity index (χ2v) is 6.05. The fraction of sp³-hybridized carbons (Fsp3) is 0.312. The SMILES string of the molecule is O=C(Cc1cccc(F)c1)N1CCC[C@H]1c1cccs1. The van der Waals surface area contributed by atoms with Gasteiger partial charge in [0, 0.05) is 11.4 Å². The van der Waals surface area contributed by atoms with Crippen LogP contribution in [0.1, 0.15) is 29.3 Å². The van der Waals surface area contributed by atoms with Crippen LogP contribution in [0.5, 0.6) is 0 Å². The lowest BCUT2D eigenvalue weighted by Gasteiger charge is -2.24. The number of hydrogen-bond acceptors (Lipinski definition) is 2. The van der Waals surface area contributed by atoms with Gasteiger partial charge in [0.25, 0.3) is 0 Å². The van der Waals surface area contributed by atoms with Crippen LogP contribution in [0.25, 0.3) is 0 Å². The number of rotatable bonds is 3. The molecule has 0 spiro atoms. The van der Waals surface area contributed by atoms with Gasteiger partial charge in [-0.25, -0.2) is 4.39 Å². The topological polar surface area (TPSA) is 20.3 Å². The molecule has 0 aliphatic carbocycles. The third kappa shape index (κ3) is 2.75. The predicted molar refractivity (Wildman–Crippen MR) is 78.1 cm³/mol. The van der Waals surface area contributed by atoms with E-state index in [1.165, 1.54) is 17.0 Å². The normalized spacial score (nSPS) is 18.4. The smallest absolute Gasteiger partial charge is 0.227 e. The van der Waals surface area contributed by atoms with Gasteiger partial charge in [0.15, 0.2) is 0 Å². The molecule has 20 heavy (non-hydrogen) atoms. The number of carbonyl (C=O) groups is 1. The van der Waals surface area contributed by atoms with E-state index in [2.05, 4.69) is 6.07 Å². The van der Waals surface area contributed by atoms with Gasteiger partial charge in [-0.1, -0.05) is 18.2 Å². The standard InChI is InChI=1S/C16H16FNOS/c17-13-5-1-4-12(10-13)11-16(19)18-8-2-6-14(18)15-7-3-9-20-15/h1,3-5,7,9-10,14H,2,6,8,11H2/t14-/m0/s1. The van der Waals surface area contributed by atoms with Crippen LogP contribution in [0.15, 0.2) is 41.8 Å². The van der Waals surface area contributed by atoms with Crippen molar-refractivity contribution in [3.63, 3.8) is 0 Å². The zero-order valence-corrected chi connectivity index (χ0v) is 11.9. The van der Waals surface area contributed by atoms with Crippen LogP contribution in [0.4, 0.5) is 4.39 Å². The molecule has 0 radical (unpaired) electrons. The van der Waals surface area contributed by atoms with E-state index < -0.39 is 0 Å². The molecule has 1 fully saturated rings. The fourth-order valence-corrected chi connectivity index (χ4v) is 3.64. The van der Waals surface area contributed by atoms with Gasteiger partial charge >= 0.3 is 0 Å². The van der Waals surface area contributed by atoms with Crippen molar-refractivity contribution in [2.24, 2.45) is 0 Å². The van der Waals surface area contributed by atoms with E-state index in [-0.39, 0.29) is 24.2 Å². The first-order chi connectivity index (χ1) is 9.74. The van der Waals surface area contributed by atoms with Crippen molar-refractivity contribution in [1.82, 2.24) is 4.90 Å². The number of thiophene rings is 1. The van der Waals surface area contributed by atoms with E-state index in [9.17, 15) is 9.18 Å². The Bertz CT molecular complexity index is 596. The van der Waals surface area contributed by atoms with Crippen LogP contribution in [0, 0.1) is 5.82 Å². The van der Waals surface area contributed by atoms with Crippen molar-refractivity contribution < 1.29 is 9.18 Å². The Kier molecular flexibility index (Phi) is 3.83. The highest BCUT2D eigenvalue weighted by atomic mass is 32.1. The molecule has 3 rings (SSSR count). The lowest BCUT2D eigenvalue weighted by Crippen LogP contribution is -2.31. The Morgan fingerprint density at radius 1 is 1.35 bits per heavy atom. The molecule has 1 aliphatic heterocycles. The Hall–Kier alpha value is -1.68. The minimum absolute atomic E-state index is 0.0894. The van der Waals surface area contributed by atoms with E-state index in [0.29, 0.717) is 0 Å². The molecular formula is C16H16FNOS. The lowest BCUT2D eigenvalue weighted by molar-refractivity contribution is -0.131. The van der Waals surface area contributed by atoms with Gasteiger partial charge in [-0.15, -0.1) is 11.3 Å². The zero-order chi connectivity index (χ0) is 13.9. The van der Waals surface area contributed by atoms with E-state index >= 15 is 0 Å². The molecule has 1 aliphatic rings. The van der Waals surface area contributed by atoms with Crippen molar-refractivity contribution in [2.75, 3.05) is 6.54 Å². The van der Waals surface area contributed by atoms with Gasteiger partial charge in [-0.2, -0.15) is 0 Å². The maximum atomic E-state index is 13.2. The molecule has 1 aromatic carbocycles. The quantitative estimate of drug-likeness (QED) is 0.841. The number of nitrogens with zero attached hydrogens (tertiary/aromatic N) is 1. The zero-order valence-electron chi connectivity index (χ0n) is 11.1. The van der Waals surface area contributed by atoms with Crippen molar-refractivity contribution in [2.45, 2.75) is 25.3 Å². The molecule has 2 aromatic rings. The van der Waals surface area contributed by atoms with Crippen LogP contribution < -0.4 is 0 Å². The highest BCUT2D eigenvalue weighted by Gasteiger charge is 2.30. The Labute approximate surface area is 121 Å². The summed E-state index contributed by atoms with van der Waals surface area (Å²) in [6.07, 6.45) is 2.34. The maximum absolute atomic E-state index is 13.2. The average Bonchev–Trinajstić information content (AvgIpc) is 3.09. The molecule has 0 saturated carbocycles. The second kappa shape index (κ2) is 5.75. The van der Waals surface area contributed by atoms with E-state index in [1.54, 1.807) is 23.5 Å². The van der Waals surface area contributed by atoms with E-state index in [0.717, 1.165) is 24.9 Å². The first-order valence-electron chi connectivity index (χ1n) is 6.81. The Morgan fingerprint density at radius 2 is 2.25 bits per heavy atom.